The van der Waals surface area contributed by atoms with E-state index in [-0.39, 0.29) is 5.56 Å². The molecule has 4 heteroatoms. The second-order valence-corrected chi connectivity index (χ2v) is 4.01. The predicted octanol–water partition coefficient (Wildman–Crippen LogP) is 2.16. The number of H-pyrrole nitrogens is 1. The monoisotopic (exact) mass is 231 g/mol. The first-order valence-electron chi connectivity index (χ1n) is 5.98. The van der Waals surface area contributed by atoms with Gasteiger partial charge in [0.1, 0.15) is 0 Å². The van der Waals surface area contributed by atoms with Gasteiger partial charge in [-0.2, -0.15) is 0 Å². The maximum atomic E-state index is 11.5. The number of hydrogen-bond acceptors (Lipinski definition) is 3. The molecule has 0 saturated carbocycles. The van der Waals surface area contributed by atoms with Gasteiger partial charge in [0.25, 0.3) is 5.56 Å². The van der Waals surface area contributed by atoms with Gasteiger partial charge in [-0.25, -0.2) is 4.98 Å². The molecule has 1 aromatic heterocycles. The van der Waals surface area contributed by atoms with Gasteiger partial charge in [0, 0.05) is 18.8 Å². The highest BCUT2D eigenvalue weighted by atomic mass is 16.1. The van der Waals surface area contributed by atoms with Crippen LogP contribution in [-0.2, 0) is 0 Å². The summed E-state index contributed by atoms with van der Waals surface area (Å²) in [5.74, 6) is 0. The van der Waals surface area contributed by atoms with Crippen molar-refractivity contribution in [1.82, 2.24) is 9.97 Å². The van der Waals surface area contributed by atoms with Crippen molar-refractivity contribution in [2.45, 2.75) is 20.3 Å². The topological polar surface area (TPSA) is 49.0 Å². The van der Waals surface area contributed by atoms with Gasteiger partial charge in [0.2, 0.25) is 0 Å². The van der Waals surface area contributed by atoms with Crippen molar-refractivity contribution in [3.63, 3.8) is 0 Å². The number of fused-ring (bicyclic) bond motifs is 1. The summed E-state index contributed by atoms with van der Waals surface area (Å²) >= 11 is 0. The van der Waals surface area contributed by atoms with Crippen LogP contribution in [0.3, 0.4) is 0 Å². The summed E-state index contributed by atoms with van der Waals surface area (Å²) in [6.07, 6.45) is 2.55. The summed E-state index contributed by atoms with van der Waals surface area (Å²) in [7, 11) is 0. The highest BCUT2D eigenvalue weighted by Crippen LogP contribution is 2.18. The third-order valence-electron chi connectivity index (χ3n) is 2.87. The summed E-state index contributed by atoms with van der Waals surface area (Å²) < 4.78 is 0. The molecule has 0 aliphatic rings. The van der Waals surface area contributed by atoms with Crippen molar-refractivity contribution in [2.24, 2.45) is 0 Å². The minimum Gasteiger partial charge on any atom is -0.372 e. The average Bonchev–Trinajstić information content (AvgIpc) is 2.36. The van der Waals surface area contributed by atoms with E-state index in [0.717, 1.165) is 30.7 Å². The molecule has 4 nitrogen and oxygen atoms in total. The number of benzene rings is 1. The number of hydrogen-bond donors (Lipinski definition) is 1. The van der Waals surface area contributed by atoms with Gasteiger partial charge in [-0.3, -0.25) is 4.79 Å². The van der Waals surface area contributed by atoms with E-state index in [1.165, 1.54) is 6.33 Å². The Kier molecular flexibility index (Phi) is 3.42. The van der Waals surface area contributed by atoms with E-state index in [1.54, 1.807) is 0 Å². The Morgan fingerprint density at radius 3 is 2.88 bits per heavy atom. The molecule has 0 saturated heterocycles. The number of anilines is 1. The molecule has 0 radical (unpaired) electrons. The Balaban J connectivity index is 2.47. The molecule has 0 atom stereocenters. The lowest BCUT2D eigenvalue weighted by Crippen LogP contribution is -2.23. The van der Waals surface area contributed by atoms with Crippen molar-refractivity contribution < 1.29 is 0 Å². The highest BCUT2D eigenvalue weighted by Gasteiger charge is 2.05. The minimum absolute atomic E-state index is 0.0833. The van der Waals surface area contributed by atoms with E-state index in [2.05, 4.69) is 28.7 Å². The molecule has 1 N–H and O–H groups in total. The van der Waals surface area contributed by atoms with Crippen LogP contribution in [0.1, 0.15) is 20.3 Å². The van der Waals surface area contributed by atoms with Crippen LogP contribution >= 0.6 is 0 Å². The first-order valence-corrected chi connectivity index (χ1v) is 5.98. The molecule has 2 aromatic rings. The SMILES string of the molecule is CCCN(CC)c1ccc2c(=O)[nH]cnc2c1. The predicted molar refractivity (Wildman–Crippen MR) is 70.5 cm³/mol. The first-order chi connectivity index (χ1) is 8.26. The largest absolute Gasteiger partial charge is 0.372 e. The Bertz CT molecular complexity index is 562. The highest BCUT2D eigenvalue weighted by molar-refractivity contribution is 5.81. The molecule has 0 spiro atoms. The Morgan fingerprint density at radius 1 is 1.35 bits per heavy atom. The maximum Gasteiger partial charge on any atom is 0.258 e. The second-order valence-electron chi connectivity index (χ2n) is 4.01. The van der Waals surface area contributed by atoms with E-state index < -0.39 is 0 Å². The summed E-state index contributed by atoms with van der Waals surface area (Å²) in [5.41, 5.74) is 1.79. The lowest BCUT2D eigenvalue weighted by atomic mass is 10.2. The summed E-state index contributed by atoms with van der Waals surface area (Å²) in [4.78, 5) is 20.6. The quantitative estimate of drug-likeness (QED) is 0.877. The normalized spacial score (nSPS) is 10.7. The summed E-state index contributed by atoms with van der Waals surface area (Å²) in [5, 5.41) is 0.642. The molecule has 0 unspecified atom stereocenters. The van der Waals surface area contributed by atoms with Gasteiger partial charge in [-0.15, -0.1) is 0 Å². The Morgan fingerprint density at radius 2 is 2.18 bits per heavy atom. The van der Waals surface area contributed by atoms with Gasteiger partial charge < -0.3 is 9.88 Å². The molecule has 17 heavy (non-hydrogen) atoms. The third-order valence-corrected chi connectivity index (χ3v) is 2.87. The molecule has 0 fully saturated rings. The smallest absolute Gasteiger partial charge is 0.258 e. The van der Waals surface area contributed by atoms with E-state index >= 15 is 0 Å². The molecule has 1 aromatic carbocycles. The fourth-order valence-corrected chi connectivity index (χ4v) is 1.99. The Labute approximate surface area is 100 Å². The standard InChI is InChI=1S/C13H17N3O/c1-3-7-16(4-2)10-5-6-11-12(8-10)14-9-15-13(11)17/h5-6,8-9H,3-4,7H2,1-2H3,(H,14,15,17). The van der Waals surface area contributed by atoms with Crippen LogP contribution in [0.25, 0.3) is 10.9 Å². The molecule has 0 amide bonds. The zero-order chi connectivity index (χ0) is 12.3. The number of aromatic nitrogens is 2. The van der Waals surface area contributed by atoms with Crippen LogP contribution in [0.2, 0.25) is 0 Å². The first kappa shape index (κ1) is 11.6. The van der Waals surface area contributed by atoms with E-state index in [4.69, 9.17) is 0 Å². The lowest BCUT2D eigenvalue weighted by Gasteiger charge is -2.22. The molecular weight excluding hydrogens is 214 g/mol. The fraction of sp³-hybridized carbons (Fsp3) is 0.385. The van der Waals surface area contributed by atoms with Crippen LogP contribution < -0.4 is 10.5 Å². The summed E-state index contributed by atoms with van der Waals surface area (Å²) in [6.45, 7) is 6.27. The zero-order valence-electron chi connectivity index (χ0n) is 10.2. The second kappa shape index (κ2) is 4.99. The van der Waals surface area contributed by atoms with E-state index in [1.807, 2.05) is 18.2 Å². The van der Waals surface area contributed by atoms with Crippen molar-refractivity contribution >= 4 is 16.6 Å². The van der Waals surface area contributed by atoms with Crippen molar-refractivity contribution in [1.29, 1.82) is 0 Å². The molecular formula is C13H17N3O. The molecule has 0 bridgehead atoms. The van der Waals surface area contributed by atoms with Gasteiger partial charge in [0.05, 0.1) is 17.2 Å². The van der Waals surface area contributed by atoms with Crippen LogP contribution in [0.4, 0.5) is 5.69 Å². The van der Waals surface area contributed by atoms with Gasteiger partial charge in [-0.05, 0) is 31.5 Å². The maximum absolute atomic E-state index is 11.5. The number of aromatic amines is 1. The molecule has 0 aliphatic heterocycles. The molecule has 0 aliphatic carbocycles. The summed E-state index contributed by atoms with van der Waals surface area (Å²) in [6, 6.07) is 5.80. The van der Waals surface area contributed by atoms with E-state index in [0.29, 0.717) is 5.39 Å². The number of nitrogens with zero attached hydrogens (tertiary/aromatic N) is 2. The number of nitrogens with one attached hydrogen (secondary N) is 1. The van der Waals surface area contributed by atoms with Crippen molar-refractivity contribution in [3.05, 3.63) is 34.9 Å². The van der Waals surface area contributed by atoms with Crippen molar-refractivity contribution in [3.8, 4) is 0 Å². The molecule has 1 heterocycles. The zero-order valence-corrected chi connectivity index (χ0v) is 10.2. The van der Waals surface area contributed by atoms with Crippen LogP contribution in [0, 0.1) is 0 Å². The van der Waals surface area contributed by atoms with Gasteiger partial charge in [0.15, 0.2) is 0 Å². The molecule has 90 valence electrons. The fourth-order valence-electron chi connectivity index (χ4n) is 1.99. The third kappa shape index (κ3) is 2.30. The lowest BCUT2D eigenvalue weighted by molar-refractivity contribution is 0.792. The van der Waals surface area contributed by atoms with Crippen LogP contribution in [-0.4, -0.2) is 23.1 Å². The van der Waals surface area contributed by atoms with Crippen molar-refractivity contribution in [2.75, 3.05) is 18.0 Å². The molecule has 2 rings (SSSR count). The van der Waals surface area contributed by atoms with Gasteiger partial charge >= 0.3 is 0 Å². The minimum atomic E-state index is -0.0833. The van der Waals surface area contributed by atoms with Crippen LogP contribution in [0.15, 0.2) is 29.3 Å². The average molecular weight is 231 g/mol. The number of rotatable bonds is 4. The van der Waals surface area contributed by atoms with Crippen LogP contribution in [0.5, 0.6) is 0 Å². The van der Waals surface area contributed by atoms with Gasteiger partial charge in [-0.1, -0.05) is 6.92 Å². The Hall–Kier alpha value is -1.84. The van der Waals surface area contributed by atoms with E-state index in [9.17, 15) is 4.79 Å².